The Labute approximate surface area is 108 Å². The third-order valence-electron chi connectivity index (χ3n) is 4.48. The maximum absolute atomic E-state index is 3.73. The van der Waals surface area contributed by atoms with Gasteiger partial charge >= 0.3 is 0 Å². The molecule has 0 radical (unpaired) electrons. The van der Waals surface area contributed by atoms with Crippen LogP contribution in [0.15, 0.2) is 48.5 Å². The molecule has 1 heteroatoms. The summed E-state index contributed by atoms with van der Waals surface area (Å²) in [6.45, 7) is 1.01. The van der Waals surface area contributed by atoms with Gasteiger partial charge in [-0.25, -0.2) is 0 Å². The molecule has 1 aliphatic carbocycles. The molecule has 2 unspecified atom stereocenters. The summed E-state index contributed by atoms with van der Waals surface area (Å²) in [6.07, 6.45) is 2.49. The van der Waals surface area contributed by atoms with Gasteiger partial charge in [0.2, 0.25) is 0 Å². The van der Waals surface area contributed by atoms with E-state index in [1.54, 1.807) is 5.56 Å². The summed E-state index contributed by atoms with van der Waals surface area (Å²) in [5, 5.41) is 3.73. The zero-order chi connectivity index (χ0) is 11.9. The van der Waals surface area contributed by atoms with E-state index in [-0.39, 0.29) is 0 Å². The molecule has 0 amide bonds. The van der Waals surface area contributed by atoms with E-state index in [0.29, 0.717) is 12.0 Å². The van der Waals surface area contributed by atoms with Gasteiger partial charge < -0.3 is 5.32 Å². The first-order valence-corrected chi connectivity index (χ1v) is 6.82. The summed E-state index contributed by atoms with van der Waals surface area (Å²) in [5.41, 5.74) is 6.10. The Hall–Kier alpha value is -1.60. The molecule has 2 aliphatic rings. The van der Waals surface area contributed by atoms with Crippen LogP contribution in [0.3, 0.4) is 0 Å². The fourth-order valence-corrected chi connectivity index (χ4v) is 3.62. The number of aryl methyl sites for hydroxylation is 1. The van der Waals surface area contributed by atoms with Gasteiger partial charge in [-0.2, -0.15) is 0 Å². The van der Waals surface area contributed by atoms with E-state index in [4.69, 9.17) is 0 Å². The van der Waals surface area contributed by atoms with E-state index in [2.05, 4.69) is 53.8 Å². The van der Waals surface area contributed by atoms with Crippen LogP contribution in [-0.2, 0) is 13.0 Å². The van der Waals surface area contributed by atoms with Crippen LogP contribution < -0.4 is 5.32 Å². The van der Waals surface area contributed by atoms with Crippen LogP contribution in [-0.4, -0.2) is 0 Å². The average Bonchev–Trinajstić information content (AvgIpc) is 2.46. The van der Waals surface area contributed by atoms with Gasteiger partial charge in [0, 0.05) is 18.5 Å². The summed E-state index contributed by atoms with van der Waals surface area (Å²) in [5.74, 6) is 0.657. The predicted octanol–water partition coefficient (Wildman–Crippen LogP) is 3.56. The van der Waals surface area contributed by atoms with Crippen molar-refractivity contribution in [1.82, 2.24) is 5.32 Å². The number of rotatable bonds is 0. The second-order valence-corrected chi connectivity index (χ2v) is 5.40. The first-order valence-electron chi connectivity index (χ1n) is 6.82. The number of benzene rings is 2. The summed E-state index contributed by atoms with van der Waals surface area (Å²) >= 11 is 0. The molecule has 0 fully saturated rings. The van der Waals surface area contributed by atoms with Crippen molar-refractivity contribution in [1.29, 1.82) is 0 Å². The second kappa shape index (κ2) is 3.96. The van der Waals surface area contributed by atoms with Crippen LogP contribution >= 0.6 is 0 Å². The van der Waals surface area contributed by atoms with Crippen molar-refractivity contribution < 1.29 is 0 Å². The molecule has 1 nitrogen and oxygen atoms in total. The van der Waals surface area contributed by atoms with Crippen LogP contribution in [0.2, 0.25) is 0 Å². The number of hydrogen-bond acceptors (Lipinski definition) is 1. The van der Waals surface area contributed by atoms with E-state index in [9.17, 15) is 0 Å². The van der Waals surface area contributed by atoms with E-state index in [1.165, 1.54) is 29.5 Å². The molecule has 0 saturated heterocycles. The van der Waals surface area contributed by atoms with Gasteiger partial charge in [-0.05, 0) is 35.1 Å². The van der Waals surface area contributed by atoms with Gasteiger partial charge in [0.1, 0.15) is 0 Å². The molecule has 2 aromatic carbocycles. The van der Waals surface area contributed by atoms with Crippen LogP contribution in [0.25, 0.3) is 0 Å². The summed E-state index contributed by atoms with van der Waals surface area (Å²) in [7, 11) is 0. The standard InChI is InChI=1S/C17H17N/c1-4-8-15-12(5-1)9-10-16-14-7-3-2-6-13(14)11-18-17(15)16/h1-8,16-18H,9-11H2. The summed E-state index contributed by atoms with van der Waals surface area (Å²) < 4.78 is 0. The van der Waals surface area contributed by atoms with Crippen molar-refractivity contribution in [2.75, 3.05) is 0 Å². The molecule has 0 bridgehead atoms. The van der Waals surface area contributed by atoms with Gasteiger partial charge in [0.05, 0.1) is 0 Å². The van der Waals surface area contributed by atoms with E-state index in [1.807, 2.05) is 0 Å². The molecule has 18 heavy (non-hydrogen) atoms. The first-order chi connectivity index (χ1) is 8.93. The third kappa shape index (κ3) is 1.44. The number of fused-ring (bicyclic) bond motifs is 5. The zero-order valence-corrected chi connectivity index (χ0v) is 10.4. The van der Waals surface area contributed by atoms with Gasteiger partial charge in [0.25, 0.3) is 0 Å². The predicted molar refractivity (Wildman–Crippen MR) is 73.5 cm³/mol. The molecular weight excluding hydrogens is 218 g/mol. The van der Waals surface area contributed by atoms with Gasteiger partial charge in [-0.15, -0.1) is 0 Å². The lowest BCUT2D eigenvalue weighted by Crippen LogP contribution is -2.35. The fraction of sp³-hybridized carbons (Fsp3) is 0.294. The highest BCUT2D eigenvalue weighted by molar-refractivity contribution is 5.42. The number of hydrogen-bond donors (Lipinski definition) is 1. The van der Waals surface area contributed by atoms with E-state index >= 15 is 0 Å². The normalized spacial score (nSPS) is 24.9. The monoisotopic (exact) mass is 235 g/mol. The highest BCUT2D eigenvalue weighted by Crippen LogP contribution is 2.44. The minimum atomic E-state index is 0.518. The summed E-state index contributed by atoms with van der Waals surface area (Å²) in [4.78, 5) is 0. The van der Waals surface area contributed by atoms with Gasteiger partial charge in [0.15, 0.2) is 0 Å². The Balaban J connectivity index is 1.83. The van der Waals surface area contributed by atoms with Crippen LogP contribution in [0.4, 0.5) is 0 Å². The fourth-order valence-electron chi connectivity index (χ4n) is 3.62. The Bertz CT molecular complexity index is 534. The topological polar surface area (TPSA) is 12.0 Å². The Morgan fingerprint density at radius 3 is 2.44 bits per heavy atom. The SMILES string of the molecule is c1ccc2c(c1)CNC1c3ccccc3CCC21. The lowest BCUT2D eigenvalue weighted by Gasteiger charge is -2.39. The highest BCUT2D eigenvalue weighted by Gasteiger charge is 2.33. The minimum absolute atomic E-state index is 0.518. The second-order valence-electron chi connectivity index (χ2n) is 5.40. The van der Waals surface area contributed by atoms with Crippen molar-refractivity contribution in [2.45, 2.75) is 31.3 Å². The highest BCUT2D eigenvalue weighted by atomic mass is 14.9. The molecule has 0 saturated carbocycles. The van der Waals surface area contributed by atoms with Crippen molar-refractivity contribution in [3.8, 4) is 0 Å². The number of nitrogens with one attached hydrogen (secondary N) is 1. The molecule has 1 heterocycles. The van der Waals surface area contributed by atoms with Crippen molar-refractivity contribution >= 4 is 0 Å². The Morgan fingerprint density at radius 1 is 0.833 bits per heavy atom. The Morgan fingerprint density at radius 2 is 1.56 bits per heavy atom. The van der Waals surface area contributed by atoms with Crippen LogP contribution in [0.1, 0.15) is 40.6 Å². The third-order valence-corrected chi connectivity index (χ3v) is 4.48. The Kier molecular flexibility index (Phi) is 2.27. The molecular formula is C17H17N. The molecule has 2 atom stereocenters. The van der Waals surface area contributed by atoms with Crippen molar-refractivity contribution in [2.24, 2.45) is 0 Å². The molecule has 0 aromatic heterocycles. The first kappa shape index (κ1) is 10.3. The smallest absolute Gasteiger partial charge is 0.0395 e. The van der Waals surface area contributed by atoms with Crippen LogP contribution in [0.5, 0.6) is 0 Å². The van der Waals surface area contributed by atoms with E-state index < -0.39 is 0 Å². The average molecular weight is 235 g/mol. The largest absolute Gasteiger partial charge is 0.305 e. The minimum Gasteiger partial charge on any atom is -0.305 e. The van der Waals surface area contributed by atoms with Crippen molar-refractivity contribution in [3.05, 3.63) is 70.8 Å². The molecule has 90 valence electrons. The lowest BCUT2D eigenvalue weighted by molar-refractivity contribution is 0.375. The molecule has 1 aliphatic heterocycles. The molecule has 4 rings (SSSR count). The van der Waals surface area contributed by atoms with E-state index in [0.717, 1.165) is 6.54 Å². The molecule has 0 spiro atoms. The lowest BCUT2D eigenvalue weighted by atomic mass is 9.73. The molecule has 2 aromatic rings. The summed E-state index contributed by atoms with van der Waals surface area (Å²) in [6, 6.07) is 18.4. The maximum atomic E-state index is 3.73. The maximum Gasteiger partial charge on any atom is 0.0395 e. The zero-order valence-electron chi connectivity index (χ0n) is 10.4. The quantitative estimate of drug-likeness (QED) is 0.736. The van der Waals surface area contributed by atoms with Crippen molar-refractivity contribution in [3.63, 3.8) is 0 Å². The molecule has 1 N–H and O–H groups in total. The van der Waals surface area contributed by atoms with Crippen LogP contribution in [0, 0.1) is 0 Å². The van der Waals surface area contributed by atoms with Gasteiger partial charge in [-0.1, -0.05) is 48.5 Å². The van der Waals surface area contributed by atoms with Gasteiger partial charge in [-0.3, -0.25) is 0 Å².